The Hall–Kier alpha value is -2.15. The fourth-order valence-electron chi connectivity index (χ4n) is 1.78. The molecule has 6 nitrogen and oxygen atoms in total. The molecule has 1 aromatic carbocycles. The summed E-state index contributed by atoms with van der Waals surface area (Å²) in [5.74, 6) is -1.98. The second-order valence-corrected chi connectivity index (χ2v) is 4.76. The number of urea groups is 1. The number of nitrogens with zero attached hydrogens (tertiary/aromatic N) is 1. The topological polar surface area (TPSA) is 81.7 Å². The van der Waals surface area contributed by atoms with Crippen molar-refractivity contribution < 1.29 is 19.1 Å². The molecule has 1 unspecified atom stereocenters. The summed E-state index contributed by atoms with van der Waals surface area (Å²) in [7, 11) is 3.75. The average Bonchev–Trinajstić information content (AvgIpc) is 2.29. The van der Waals surface area contributed by atoms with E-state index in [4.69, 9.17) is 5.11 Å². The third-order valence-corrected chi connectivity index (χ3v) is 2.48. The molecule has 0 saturated carbocycles. The summed E-state index contributed by atoms with van der Waals surface area (Å²) in [5, 5.41) is 14.0. The standard InChI is InChI=1S/C13H18FN3O3/c1-8(7-17(2)3)15-13(20)16-11-5-4-9(14)6-10(11)12(18)19/h4-6,8H,7H2,1-3H3,(H,18,19)(H2,15,16,20). The van der Waals surface area contributed by atoms with Crippen molar-refractivity contribution in [2.75, 3.05) is 26.0 Å². The van der Waals surface area contributed by atoms with Crippen LogP contribution >= 0.6 is 0 Å². The number of halogens is 1. The van der Waals surface area contributed by atoms with Crippen molar-refractivity contribution in [2.24, 2.45) is 0 Å². The average molecular weight is 283 g/mol. The Balaban J connectivity index is 2.73. The van der Waals surface area contributed by atoms with Crippen molar-refractivity contribution in [3.8, 4) is 0 Å². The van der Waals surface area contributed by atoms with E-state index in [-0.39, 0.29) is 17.3 Å². The minimum absolute atomic E-state index is 0.0495. The smallest absolute Gasteiger partial charge is 0.337 e. The fraction of sp³-hybridized carbons (Fsp3) is 0.385. The minimum Gasteiger partial charge on any atom is -0.478 e. The largest absolute Gasteiger partial charge is 0.478 e. The van der Waals surface area contributed by atoms with E-state index in [0.717, 1.165) is 12.1 Å². The molecule has 0 aliphatic rings. The Bertz CT molecular complexity index is 506. The molecule has 0 aliphatic heterocycles. The number of rotatable bonds is 5. The van der Waals surface area contributed by atoms with Crippen LogP contribution < -0.4 is 10.6 Å². The van der Waals surface area contributed by atoms with E-state index < -0.39 is 17.8 Å². The number of aromatic carboxylic acids is 1. The van der Waals surface area contributed by atoms with E-state index in [1.807, 2.05) is 25.9 Å². The highest BCUT2D eigenvalue weighted by Crippen LogP contribution is 2.17. The van der Waals surface area contributed by atoms with E-state index in [1.165, 1.54) is 6.07 Å². The van der Waals surface area contributed by atoms with Gasteiger partial charge < -0.3 is 20.6 Å². The molecule has 0 heterocycles. The number of benzene rings is 1. The van der Waals surface area contributed by atoms with Gasteiger partial charge >= 0.3 is 12.0 Å². The number of nitrogens with one attached hydrogen (secondary N) is 2. The minimum atomic E-state index is -1.30. The van der Waals surface area contributed by atoms with Crippen LogP contribution in [0.15, 0.2) is 18.2 Å². The Morgan fingerprint density at radius 3 is 2.60 bits per heavy atom. The van der Waals surface area contributed by atoms with Gasteiger partial charge in [0.05, 0.1) is 11.3 Å². The van der Waals surface area contributed by atoms with E-state index in [2.05, 4.69) is 10.6 Å². The van der Waals surface area contributed by atoms with Crippen molar-refractivity contribution in [3.05, 3.63) is 29.6 Å². The van der Waals surface area contributed by atoms with Gasteiger partial charge in [0.1, 0.15) is 5.82 Å². The van der Waals surface area contributed by atoms with Crippen LogP contribution in [0.5, 0.6) is 0 Å². The van der Waals surface area contributed by atoms with Crippen LogP contribution in [0.2, 0.25) is 0 Å². The lowest BCUT2D eigenvalue weighted by Gasteiger charge is -2.19. The van der Waals surface area contributed by atoms with Gasteiger partial charge in [0.25, 0.3) is 0 Å². The van der Waals surface area contributed by atoms with Crippen LogP contribution in [0, 0.1) is 5.82 Å². The fourth-order valence-corrected chi connectivity index (χ4v) is 1.78. The zero-order chi connectivity index (χ0) is 15.3. The molecule has 0 spiro atoms. The van der Waals surface area contributed by atoms with Gasteiger partial charge in [-0.1, -0.05) is 0 Å². The molecule has 0 aromatic heterocycles. The predicted octanol–water partition coefficient (Wildman–Crippen LogP) is 1.60. The molecule has 110 valence electrons. The van der Waals surface area contributed by atoms with Crippen molar-refractivity contribution in [1.29, 1.82) is 0 Å². The number of anilines is 1. The number of hydrogen-bond acceptors (Lipinski definition) is 3. The molecule has 7 heteroatoms. The van der Waals surface area contributed by atoms with Crippen molar-refractivity contribution in [2.45, 2.75) is 13.0 Å². The molecule has 1 rings (SSSR count). The van der Waals surface area contributed by atoms with Gasteiger partial charge in [0, 0.05) is 12.6 Å². The first kappa shape index (κ1) is 15.9. The predicted molar refractivity (Wildman–Crippen MR) is 73.5 cm³/mol. The molecule has 0 bridgehead atoms. The first-order valence-corrected chi connectivity index (χ1v) is 6.04. The second kappa shape index (κ2) is 6.85. The van der Waals surface area contributed by atoms with Crippen LogP contribution in [-0.4, -0.2) is 48.7 Å². The maximum Gasteiger partial charge on any atom is 0.337 e. The van der Waals surface area contributed by atoms with Gasteiger partial charge in [-0.3, -0.25) is 0 Å². The molecule has 2 amide bonds. The van der Waals surface area contributed by atoms with Gasteiger partial charge in [-0.15, -0.1) is 0 Å². The van der Waals surface area contributed by atoms with Crippen molar-refractivity contribution >= 4 is 17.7 Å². The highest BCUT2D eigenvalue weighted by atomic mass is 19.1. The Labute approximate surface area is 116 Å². The maximum atomic E-state index is 13.0. The molecule has 0 radical (unpaired) electrons. The molecular weight excluding hydrogens is 265 g/mol. The monoisotopic (exact) mass is 283 g/mol. The van der Waals surface area contributed by atoms with Crippen LogP contribution in [0.3, 0.4) is 0 Å². The van der Waals surface area contributed by atoms with Crippen LogP contribution in [-0.2, 0) is 0 Å². The molecule has 1 aromatic rings. The number of likely N-dealkylation sites (N-methyl/N-ethyl adjacent to an activating group) is 1. The maximum absolute atomic E-state index is 13.0. The zero-order valence-electron chi connectivity index (χ0n) is 11.6. The Morgan fingerprint density at radius 1 is 1.40 bits per heavy atom. The summed E-state index contributed by atoms with van der Waals surface area (Å²) in [6.45, 7) is 2.46. The highest BCUT2D eigenvalue weighted by molar-refractivity contribution is 6.00. The van der Waals surface area contributed by atoms with E-state index in [9.17, 15) is 14.0 Å². The quantitative estimate of drug-likeness (QED) is 0.766. The SMILES string of the molecule is CC(CN(C)C)NC(=O)Nc1ccc(F)cc1C(=O)O. The van der Waals surface area contributed by atoms with Gasteiger partial charge in [-0.05, 0) is 39.2 Å². The van der Waals surface area contributed by atoms with E-state index in [1.54, 1.807) is 0 Å². The molecule has 20 heavy (non-hydrogen) atoms. The zero-order valence-corrected chi connectivity index (χ0v) is 11.6. The lowest BCUT2D eigenvalue weighted by molar-refractivity contribution is 0.0697. The van der Waals surface area contributed by atoms with Crippen molar-refractivity contribution in [3.63, 3.8) is 0 Å². The normalized spacial score (nSPS) is 12.1. The first-order valence-electron chi connectivity index (χ1n) is 6.04. The van der Waals surface area contributed by atoms with E-state index >= 15 is 0 Å². The molecule has 0 aliphatic carbocycles. The Kier molecular flexibility index (Phi) is 5.45. The van der Waals surface area contributed by atoms with Crippen LogP contribution in [0.1, 0.15) is 17.3 Å². The summed E-state index contributed by atoms with van der Waals surface area (Å²) in [6.07, 6.45) is 0. The third-order valence-electron chi connectivity index (χ3n) is 2.48. The summed E-state index contributed by atoms with van der Waals surface area (Å²) < 4.78 is 13.0. The summed E-state index contributed by atoms with van der Waals surface area (Å²) in [4.78, 5) is 24.6. The molecule has 0 saturated heterocycles. The van der Waals surface area contributed by atoms with Crippen LogP contribution in [0.25, 0.3) is 0 Å². The number of carbonyl (C=O) groups is 2. The van der Waals surface area contributed by atoms with E-state index in [0.29, 0.717) is 6.54 Å². The molecular formula is C13H18FN3O3. The number of carboxylic acids is 1. The number of carbonyl (C=O) groups excluding carboxylic acids is 1. The van der Waals surface area contributed by atoms with Gasteiger partial charge in [-0.2, -0.15) is 0 Å². The van der Waals surface area contributed by atoms with Crippen molar-refractivity contribution in [1.82, 2.24) is 10.2 Å². The first-order chi connectivity index (χ1) is 9.29. The lowest BCUT2D eigenvalue weighted by atomic mass is 10.1. The number of hydrogen-bond donors (Lipinski definition) is 3. The molecule has 3 N–H and O–H groups in total. The summed E-state index contributed by atoms with van der Waals surface area (Å²) in [6, 6.07) is 2.52. The highest BCUT2D eigenvalue weighted by Gasteiger charge is 2.14. The van der Waals surface area contributed by atoms with Gasteiger partial charge in [-0.25, -0.2) is 14.0 Å². The van der Waals surface area contributed by atoms with Gasteiger partial charge in [0.2, 0.25) is 0 Å². The second-order valence-electron chi connectivity index (χ2n) is 4.76. The number of carboxylic acid groups (broad SMARTS) is 1. The van der Waals surface area contributed by atoms with Gasteiger partial charge in [0.15, 0.2) is 0 Å². The lowest BCUT2D eigenvalue weighted by Crippen LogP contribution is -2.41. The molecule has 1 atom stereocenters. The summed E-state index contributed by atoms with van der Waals surface area (Å²) in [5.41, 5.74) is -0.242. The summed E-state index contributed by atoms with van der Waals surface area (Å²) >= 11 is 0. The Morgan fingerprint density at radius 2 is 2.05 bits per heavy atom. The van der Waals surface area contributed by atoms with Crippen LogP contribution in [0.4, 0.5) is 14.9 Å². The number of amides is 2. The third kappa shape index (κ3) is 4.85. The molecule has 0 fully saturated rings.